The molecule has 1 aromatic heterocycles. The van der Waals surface area contributed by atoms with E-state index in [-0.39, 0.29) is 23.5 Å². The van der Waals surface area contributed by atoms with Crippen molar-refractivity contribution in [1.29, 1.82) is 0 Å². The average Bonchev–Trinajstić information content (AvgIpc) is 3.13. The number of hydrogen-bond acceptors (Lipinski definition) is 7. The number of carbonyl (C=O) groups is 1. The van der Waals surface area contributed by atoms with Gasteiger partial charge in [0.05, 0.1) is 10.7 Å². The van der Waals surface area contributed by atoms with E-state index in [1.165, 1.54) is 35.5 Å². The number of non-ortho nitro benzene ring substituents is 1. The third-order valence-electron chi connectivity index (χ3n) is 4.76. The largest absolute Gasteiger partial charge is 0.483 e. The first-order valence-corrected chi connectivity index (χ1v) is 11.1. The summed E-state index contributed by atoms with van der Waals surface area (Å²) in [6, 6.07) is 13.8. The Kier molecular flexibility index (Phi) is 7.47. The summed E-state index contributed by atoms with van der Waals surface area (Å²) >= 11 is 1.22. The summed E-state index contributed by atoms with van der Waals surface area (Å²) in [5.41, 5.74) is 1.53. The molecule has 0 aliphatic rings. The van der Waals surface area contributed by atoms with Crippen molar-refractivity contribution in [1.82, 2.24) is 14.8 Å². The SMILES string of the molecule is CC(C)c1ccc(OC(C)c2nnc(SCC(=O)Nc3cccc([N+](=O)[O-])c3)n2C)cc1. The third-order valence-corrected chi connectivity index (χ3v) is 5.79. The minimum absolute atomic E-state index is 0.0822. The van der Waals surface area contributed by atoms with Crippen molar-refractivity contribution < 1.29 is 14.5 Å². The average molecular weight is 456 g/mol. The lowest BCUT2D eigenvalue weighted by atomic mass is 10.0. The van der Waals surface area contributed by atoms with Crippen LogP contribution >= 0.6 is 11.8 Å². The molecule has 32 heavy (non-hydrogen) atoms. The van der Waals surface area contributed by atoms with E-state index >= 15 is 0 Å². The van der Waals surface area contributed by atoms with E-state index in [0.29, 0.717) is 22.6 Å². The van der Waals surface area contributed by atoms with E-state index in [1.807, 2.05) is 38.2 Å². The van der Waals surface area contributed by atoms with Gasteiger partial charge in [0.15, 0.2) is 17.1 Å². The van der Waals surface area contributed by atoms with Crippen LogP contribution < -0.4 is 10.1 Å². The van der Waals surface area contributed by atoms with Gasteiger partial charge in [-0.1, -0.05) is 43.8 Å². The molecule has 0 spiro atoms. The Labute approximate surface area is 190 Å². The van der Waals surface area contributed by atoms with Crippen LogP contribution in [0.4, 0.5) is 11.4 Å². The van der Waals surface area contributed by atoms with Gasteiger partial charge in [-0.05, 0) is 36.6 Å². The number of rotatable bonds is 9. The molecule has 0 radical (unpaired) electrons. The number of carbonyl (C=O) groups excluding carboxylic acids is 1. The predicted octanol–water partition coefficient (Wildman–Crippen LogP) is 4.72. The van der Waals surface area contributed by atoms with Crippen LogP contribution in [0.3, 0.4) is 0 Å². The zero-order valence-corrected chi connectivity index (χ0v) is 19.1. The quantitative estimate of drug-likeness (QED) is 0.282. The van der Waals surface area contributed by atoms with Gasteiger partial charge in [0.2, 0.25) is 5.91 Å². The monoisotopic (exact) mass is 455 g/mol. The first-order chi connectivity index (χ1) is 15.2. The molecule has 10 heteroatoms. The van der Waals surface area contributed by atoms with Crippen LogP contribution in [0.5, 0.6) is 5.75 Å². The molecule has 1 amide bonds. The molecule has 1 unspecified atom stereocenters. The maximum Gasteiger partial charge on any atom is 0.271 e. The van der Waals surface area contributed by atoms with Gasteiger partial charge >= 0.3 is 0 Å². The number of nitrogens with zero attached hydrogens (tertiary/aromatic N) is 4. The molecule has 1 N–H and O–H groups in total. The number of amides is 1. The fourth-order valence-electron chi connectivity index (χ4n) is 3.02. The minimum Gasteiger partial charge on any atom is -0.483 e. The number of thioether (sulfide) groups is 1. The molecule has 0 aliphatic carbocycles. The Morgan fingerprint density at radius 1 is 1.19 bits per heavy atom. The normalized spacial score (nSPS) is 11.9. The Balaban J connectivity index is 1.57. The second-order valence-corrected chi connectivity index (χ2v) is 8.47. The van der Waals surface area contributed by atoms with E-state index in [2.05, 4.69) is 29.4 Å². The number of nitro groups is 1. The number of anilines is 1. The molecule has 0 aliphatic heterocycles. The Bertz CT molecular complexity index is 1100. The van der Waals surface area contributed by atoms with Gasteiger partial charge in [0.1, 0.15) is 5.75 Å². The fourth-order valence-corrected chi connectivity index (χ4v) is 3.74. The maximum atomic E-state index is 12.3. The van der Waals surface area contributed by atoms with Gasteiger partial charge in [-0.25, -0.2) is 0 Å². The molecule has 0 saturated carbocycles. The number of ether oxygens (including phenoxy) is 1. The van der Waals surface area contributed by atoms with Crippen molar-refractivity contribution >= 4 is 29.0 Å². The summed E-state index contributed by atoms with van der Waals surface area (Å²) in [6.45, 7) is 6.17. The second-order valence-electron chi connectivity index (χ2n) is 7.53. The molecular formula is C22H25N5O4S. The van der Waals surface area contributed by atoms with Gasteiger partial charge in [-0.15, -0.1) is 10.2 Å². The van der Waals surface area contributed by atoms with Crippen LogP contribution in [0.25, 0.3) is 0 Å². The second kappa shape index (κ2) is 10.3. The number of nitro benzene ring substituents is 1. The van der Waals surface area contributed by atoms with E-state index in [9.17, 15) is 14.9 Å². The molecule has 1 heterocycles. The number of hydrogen-bond donors (Lipinski definition) is 1. The Hall–Kier alpha value is -3.40. The summed E-state index contributed by atoms with van der Waals surface area (Å²) in [5, 5.41) is 22.5. The third kappa shape index (κ3) is 5.85. The van der Waals surface area contributed by atoms with Gasteiger partial charge < -0.3 is 14.6 Å². The molecular weight excluding hydrogens is 430 g/mol. The predicted molar refractivity (Wildman–Crippen MR) is 123 cm³/mol. The summed E-state index contributed by atoms with van der Waals surface area (Å²) in [4.78, 5) is 22.6. The van der Waals surface area contributed by atoms with Gasteiger partial charge in [0, 0.05) is 24.9 Å². The fraction of sp³-hybridized carbons (Fsp3) is 0.318. The van der Waals surface area contributed by atoms with Crippen molar-refractivity contribution in [3.63, 3.8) is 0 Å². The van der Waals surface area contributed by atoms with Crippen LogP contribution in [0, 0.1) is 10.1 Å². The van der Waals surface area contributed by atoms with Crippen molar-refractivity contribution in [3.05, 3.63) is 70.0 Å². The van der Waals surface area contributed by atoms with Crippen molar-refractivity contribution in [2.75, 3.05) is 11.1 Å². The van der Waals surface area contributed by atoms with E-state index in [0.717, 1.165) is 5.75 Å². The highest BCUT2D eigenvalue weighted by Gasteiger charge is 2.18. The smallest absolute Gasteiger partial charge is 0.271 e. The van der Waals surface area contributed by atoms with Crippen molar-refractivity contribution in [2.24, 2.45) is 7.05 Å². The molecule has 9 nitrogen and oxygen atoms in total. The minimum atomic E-state index is -0.507. The lowest BCUT2D eigenvalue weighted by molar-refractivity contribution is -0.384. The summed E-state index contributed by atoms with van der Waals surface area (Å²) in [6.07, 6.45) is -0.328. The first-order valence-electron chi connectivity index (χ1n) is 10.1. The maximum absolute atomic E-state index is 12.3. The van der Waals surface area contributed by atoms with Crippen molar-refractivity contribution in [3.8, 4) is 5.75 Å². The standard InChI is InChI=1S/C22H25N5O4S/c1-14(2)16-8-10-19(11-9-16)31-15(3)21-24-25-22(26(21)4)32-13-20(28)23-17-6-5-7-18(12-17)27(29)30/h5-12,14-15H,13H2,1-4H3,(H,23,28). The van der Waals surface area contributed by atoms with Crippen LogP contribution in [-0.2, 0) is 11.8 Å². The number of benzene rings is 2. The topological polar surface area (TPSA) is 112 Å². The van der Waals surface area contributed by atoms with Crippen molar-refractivity contribution in [2.45, 2.75) is 37.9 Å². The molecule has 2 aromatic carbocycles. The van der Waals surface area contributed by atoms with Gasteiger partial charge in [-0.2, -0.15) is 0 Å². The highest BCUT2D eigenvalue weighted by molar-refractivity contribution is 7.99. The van der Waals surface area contributed by atoms with E-state index < -0.39 is 4.92 Å². The lowest BCUT2D eigenvalue weighted by Gasteiger charge is -2.15. The molecule has 3 rings (SSSR count). The van der Waals surface area contributed by atoms with E-state index in [4.69, 9.17) is 4.74 Å². The van der Waals surface area contributed by atoms with Crippen LogP contribution in [0.2, 0.25) is 0 Å². The molecule has 0 fully saturated rings. The van der Waals surface area contributed by atoms with Crippen LogP contribution in [0.1, 0.15) is 44.2 Å². The number of aromatic nitrogens is 3. The first kappa shape index (κ1) is 23.3. The zero-order valence-electron chi connectivity index (χ0n) is 18.3. The van der Waals surface area contributed by atoms with Gasteiger partial charge in [-0.3, -0.25) is 14.9 Å². The summed E-state index contributed by atoms with van der Waals surface area (Å²) in [5.74, 6) is 1.62. The van der Waals surface area contributed by atoms with Crippen LogP contribution in [0.15, 0.2) is 53.7 Å². The lowest BCUT2D eigenvalue weighted by Crippen LogP contribution is -2.15. The molecule has 1 atom stereocenters. The summed E-state index contributed by atoms with van der Waals surface area (Å²) in [7, 11) is 1.82. The molecule has 3 aromatic rings. The van der Waals surface area contributed by atoms with Gasteiger partial charge in [0.25, 0.3) is 5.69 Å². The Morgan fingerprint density at radius 2 is 1.91 bits per heavy atom. The van der Waals surface area contributed by atoms with E-state index in [1.54, 1.807) is 10.6 Å². The summed E-state index contributed by atoms with van der Waals surface area (Å²) < 4.78 is 7.79. The highest BCUT2D eigenvalue weighted by Crippen LogP contribution is 2.25. The molecule has 0 saturated heterocycles. The molecule has 0 bridgehead atoms. The number of nitrogens with one attached hydrogen (secondary N) is 1. The van der Waals surface area contributed by atoms with Crippen LogP contribution in [-0.4, -0.2) is 31.3 Å². The molecule has 168 valence electrons. The Morgan fingerprint density at radius 3 is 2.56 bits per heavy atom. The zero-order chi connectivity index (χ0) is 23.3. The highest BCUT2D eigenvalue weighted by atomic mass is 32.2.